The number of carbonyl (C=O) groups excluding carboxylic acids is 1. The first kappa shape index (κ1) is 16.6. The Balaban J connectivity index is 2.58. The Morgan fingerprint density at radius 2 is 1.90 bits per heavy atom. The summed E-state index contributed by atoms with van der Waals surface area (Å²) in [5.74, 6) is -1.53. The van der Waals surface area contributed by atoms with Gasteiger partial charge in [0.1, 0.15) is 0 Å². The molecule has 0 aliphatic carbocycles. The molecule has 3 N–H and O–H groups in total. The van der Waals surface area contributed by atoms with Crippen molar-refractivity contribution < 1.29 is 14.7 Å². The highest BCUT2D eigenvalue weighted by molar-refractivity contribution is 6.39. The van der Waals surface area contributed by atoms with E-state index in [0.717, 1.165) is 6.42 Å². The van der Waals surface area contributed by atoms with E-state index >= 15 is 0 Å². The van der Waals surface area contributed by atoms with Gasteiger partial charge in [-0.2, -0.15) is 0 Å². The maximum atomic E-state index is 11.7. The third-order valence-corrected chi connectivity index (χ3v) is 3.33. The Bertz CT molecular complexity index is 474. The first-order valence-corrected chi connectivity index (χ1v) is 6.93. The molecule has 20 heavy (non-hydrogen) atoms. The van der Waals surface area contributed by atoms with E-state index in [1.807, 2.05) is 6.92 Å². The van der Waals surface area contributed by atoms with E-state index in [2.05, 4.69) is 10.6 Å². The molecule has 5 nitrogen and oxygen atoms in total. The van der Waals surface area contributed by atoms with E-state index in [-0.39, 0.29) is 6.54 Å². The lowest BCUT2D eigenvalue weighted by molar-refractivity contribution is -0.141. The Labute approximate surface area is 127 Å². The summed E-state index contributed by atoms with van der Waals surface area (Å²) in [5, 5.41) is 14.6. The summed E-state index contributed by atoms with van der Waals surface area (Å²) in [6.07, 6.45) is 1.24. The molecule has 0 radical (unpaired) electrons. The molecule has 0 saturated heterocycles. The fourth-order valence-corrected chi connectivity index (χ4v) is 2.14. The van der Waals surface area contributed by atoms with Crippen LogP contribution in [-0.4, -0.2) is 23.7 Å². The second-order valence-corrected chi connectivity index (χ2v) is 5.07. The number of hydrogen-bond donors (Lipinski definition) is 3. The highest BCUT2D eigenvalue weighted by Crippen LogP contribution is 2.29. The van der Waals surface area contributed by atoms with Gasteiger partial charge in [0.25, 0.3) is 0 Å². The zero-order chi connectivity index (χ0) is 15.1. The van der Waals surface area contributed by atoms with Crippen LogP contribution >= 0.6 is 23.2 Å². The minimum absolute atomic E-state index is 0.0527. The molecule has 0 spiro atoms. The molecule has 0 aromatic heterocycles. The SMILES string of the molecule is CCCC(CNC(=O)Nc1c(Cl)cccc1Cl)C(=O)O. The normalized spacial score (nSPS) is 11.8. The van der Waals surface area contributed by atoms with Crippen LogP contribution in [-0.2, 0) is 4.79 Å². The van der Waals surface area contributed by atoms with Gasteiger partial charge in [-0.15, -0.1) is 0 Å². The Hall–Kier alpha value is -1.46. The summed E-state index contributed by atoms with van der Waals surface area (Å²) in [4.78, 5) is 22.7. The summed E-state index contributed by atoms with van der Waals surface area (Å²) < 4.78 is 0. The molecular weight excluding hydrogens is 303 g/mol. The first-order valence-electron chi connectivity index (χ1n) is 6.17. The summed E-state index contributed by atoms with van der Waals surface area (Å²) in [7, 11) is 0. The number of rotatable bonds is 6. The predicted molar refractivity (Wildman–Crippen MR) is 79.5 cm³/mol. The van der Waals surface area contributed by atoms with Crippen molar-refractivity contribution in [3.05, 3.63) is 28.2 Å². The maximum absolute atomic E-state index is 11.7. The van der Waals surface area contributed by atoms with Crippen LogP contribution < -0.4 is 10.6 Å². The molecule has 0 aliphatic rings. The van der Waals surface area contributed by atoms with Crippen molar-refractivity contribution in [1.29, 1.82) is 0 Å². The van der Waals surface area contributed by atoms with Crippen molar-refractivity contribution in [2.45, 2.75) is 19.8 Å². The zero-order valence-electron chi connectivity index (χ0n) is 11.0. The van der Waals surface area contributed by atoms with Crippen molar-refractivity contribution in [1.82, 2.24) is 5.32 Å². The molecule has 1 rings (SSSR count). The summed E-state index contributed by atoms with van der Waals surface area (Å²) in [6.45, 7) is 1.94. The van der Waals surface area contributed by atoms with Crippen molar-refractivity contribution in [2.75, 3.05) is 11.9 Å². The highest BCUT2D eigenvalue weighted by Gasteiger charge is 2.17. The zero-order valence-corrected chi connectivity index (χ0v) is 12.5. The van der Waals surface area contributed by atoms with Crippen LogP contribution in [0.3, 0.4) is 0 Å². The molecular formula is C13H16Cl2N2O3. The minimum atomic E-state index is -0.928. The van der Waals surface area contributed by atoms with E-state index in [1.165, 1.54) is 0 Å². The lowest BCUT2D eigenvalue weighted by atomic mass is 10.0. The van der Waals surface area contributed by atoms with Crippen LogP contribution in [0.1, 0.15) is 19.8 Å². The third kappa shape index (κ3) is 4.90. The van der Waals surface area contributed by atoms with Gasteiger partial charge >= 0.3 is 12.0 Å². The Morgan fingerprint density at radius 3 is 2.40 bits per heavy atom. The second-order valence-electron chi connectivity index (χ2n) is 4.26. The van der Waals surface area contributed by atoms with Crippen LogP contribution in [0.2, 0.25) is 10.0 Å². The average molecular weight is 319 g/mol. The number of amides is 2. The number of carbonyl (C=O) groups is 2. The van der Waals surface area contributed by atoms with Gasteiger partial charge in [-0.05, 0) is 18.6 Å². The molecule has 110 valence electrons. The second kappa shape index (κ2) is 7.97. The average Bonchev–Trinajstić information content (AvgIpc) is 2.38. The quantitative estimate of drug-likeness (QED) is 0.749. The first-order chi connectivity index (χ1) is 9.45. The van der Waals surface area contributed by atoms with Gasteiger partial charge in [0.2, 0.25) is 0 Å². The Morgan fingerprint density at radius 1 is 1.30 bits per heavy atom. The van der Waals surface area contributed by atoms with Gasteiger partial charge in [0, 0.05) is 6.54 Å². The molecule has 0 bridgehead atoms. The number of benzene rings is 1. The van der Waals surface area contributed by atoms with Crippen LogP contribution in [0.15, 0.2) is 18.2 Å². The molecule has 0 saturated carbocycles. The third-order valence-electron chi connectivity index (χ3n) is 2.70. The van der Waals surface area contributed by atoms with E-state index in [4.69, 9.17) is 28.3 Å². The number of para-hydroxylation sites is 1. The van der Waals surface area contributed by atoms with Crippen LogP contribution in [0.25, 0.3) is 0 Å². The largest absolute Gasteiger partial charge is 0.481 e. The number of hydrogen-bond acceptors (Lipinski definition) is 2. The standard InChI is InChI=1S/C13H16Cl2N2O3/c1-2-4-8(12(18)19)7-16-13(20)17-11-9(14)5-3-6-10(11)15/h3,5-6,8H,2,4,7H2,1H3,(H,18,19)(H2,16,17,20). The van der Waals surface area contributed by atoms with Gasteiger partial charge in [0.15, 0.2) is 0 Å². The van der Waals surface area contributed by atoms with Gasteiger partial charge in [-0.25, -0.2) is 4.79 Å². The monoisotopic (exact) mass is 318 g/mol. The minimum Gasteiger partial charge on any atom is -0.481 e. The summed E-state index contributed by atoms with van der Waals surface area (Å²) >= 11 is 11.8. The summed E-state index contributed by atoms with van der Waals surface area (Å²) in [5.41, 5.74) is 0.302. The van der Waals surface area contributed by atoms with Gasteiger partial charge in [0.05, 0.1) is 21.7 Å². The van der Waals surface area contributed by atoms with Crippen LogP contribution in [0.4, 0.5) is 10.5 Å². The molecule has 2 amide bonds. The molecule has 7 heteroatoms. The van der Waals surface area contributed by atoms with Crippen LogP contribution in [0, 0.1) is 5.92 Å². The van der Waals surface area contributed by atoms with Gasteiger partial charge < -0.3 is 15.7 Å². The number of carboxylic acids is 1. The smallest absolute Gasteiger partial charge is 0.319 e. The highest BCUT2D eigenvalue weighted by atomic mass is 35.5. The fourth-order valence-electron chi connectivity index (χ4n) is 1.65. The topological polar surface area (TPSA) is 78.4 Å². The van der Waals surface area contributed by atoms with E-state index < -0.39 is 17.9 Å². The van der Waals surface area contributed by atoms with Gasteiger partial charge in [-0.3, -0.25) is 4.79 Å². The molecule has 0 fully saturated rings. The molecule has 1 atom stereocenters. The van der Waals surface area contributed by atoms with Crippen molar-refractivity contribution in [2.24, 2.45) is 5.92 Å². The lowest BCUT2D eigenvalue weighted by Crippen LogP contribution is -2.35. The van der Waals surface area contributed by atoms with Crippen molar-refractivity contribution in [3.63, 3.8) is 0 Å². The van der Waals surface area contributed by atoms with Crippen molar-refractivity contribution in [3.8, 4) is 0 Å². The molecule has 0 heterocycles. The number of anilines is 1. The summed E-state index contributed by atoms with van der Waals surface area (Å²) in [6, 6.07) is 4.32. The Kier molecular flexibility index (Phi) is 6.61. The number of carboxylic acid groups (broad SMARTS) is 1. The molecule has 0 aliphatic heterocycles. The van der Waals surface area contributed by atoms with Crippen LogP contribution in [0.5, 0.6) is 0 Å². The number of halogens is 2. The van der Waals surface area contributed by atoms with Gasteiger partial charge in [-0.1, -0.05) is 42.6 Å². The molecule has 1 unspecified atom stereocenters. The number of urea groups is 1. The predicted octanol–water partition coefficient (Wildman–Crippen LogP) is 3.62. The van der Waals surface area contributed by atoms with Crippen molar-refractivity contribution >= 4 is 40.9 Å². The maximum Gasteiger partial charge on any atom is 0.319 e. The lowest BCUT2D eigenvalue weighted by Gasteiger charge is -2.14. The number of nitrogens with one attached hydrogen (secondary N) is 2. The van der Waals surface area contributed by atoms with E-state index in [1.54, 1.807) is 18.2 Å². The van der Waals surface area contributed by atoms with E-state index in [0.29, 0.717) is 22.2 Å². The molecule has 1 aromatic rings. The molecule has 1 aromatic carbocycles. The van der Waals surface area contributed by atoms with E-state index in [9.17, 15) is 9.59 Å². The fraction of sp³-hybridized carbons (Fsp3) is 0.385. The number of aliphatic carboxylic acids is 1.